The van der Waals surface area contributed by atoms with E-state index < -0.39 is 12.8 Å². The third-order valence-corrected chi connectivity index (χ3v) is 4.16. The molecule has 0 aliphatic rings. The number of ether oxygens (including phenoxy) is 2. The Kier molecular flexibility index (Phi) is 11.6. The molecule has 1 aromatic rings. The van der Waals surface area contributed by atoms with Gasteiger partial charge in [-0.25, -0.2) is 4.99 Å². The maximum Gasteiger partial charge on any atom is 0.422 e. The average molecular weight is 433 g/mol. The van der Waals surface area contributed by atoms with Gasteiger partial charge in [-0.15, -0.1) is 0 Å². The number of nitrogens with one attached hydrogen (secondary N) is 2. The van der Waals surface area contributed by atoms with E-state index in [1.807, 2.05) is 34.0 Å². The van der Waals surface area contributed by atoms with Gasteiger partial charge in [0.1, 0.15) is 5.75 Å². The van der Waals surface area contributed by atoms with Crippen LogP contribution in [0.1, 0.15) is 31.4 Å². The molecule has 172 valence electrons. The summed E-state index contributed by atoms with van der Waals surface area (Å²) in [5, 5.41) is 6.42. The maximum absolute atomic E-state index is 12.6. The summed E-state index contributed by atoms with van der Waals surface area (Å²) >= 11 is 0. The van der Waals surface area contributed by atoms with Crippen molar-refractivity contribution < 1.29 is 22.6 Å². The summed E-state index contributed by atoms with van der Waals surface area (Å²) in [6.07, 6.45) is -3.48. The monoisotopic (exact) mass is 432 g/mol. The lowest BCUT2D eigenvalue weighted by Gasteiger charge is -2.21. The molecule has 30 heavy (non-hydrogen) atoms. The van der Waals surface area contributed by atoms with Gasteiger partial charge in [-0.3, -0.25) is 0 Å². The first kappa shape index (κ1) is 26.0. The fraction of sp³-hybridized carbons (Fsp3) is 0.667. The molecule has 0 saturated heterocycles. The minimum Gasteiger partial charge on any atom is -0.484 e. The van der Waals surface area contributed by atoms with E-state index in [1.165, 1.54) is 0 Å². The van der Waals surface area contributed by atoms with E-state index in [9.17, 15) is 13.2 Å². The van der Waals surface area contributed by atoms with Crippen LogP contribution in [-0.2, 0) is 11.3 Å². The van der Waals surface area contributed by atoms with E-state index in [-0.39, 0.29) is 18.4 Å². The molecule has 0 aromatic heterocycles. The predicted octanol–water partition coefficient (Wildman–Crippen LogP) is 3.35. The molecule has 0 fully saturated rings. The van der Waals surface area contributed by atoms with Gasteiger partial charge < -0.3 is 25.0 Å². The summed E-state index contributed by atoms with van der Waals surface area (Å²) in [6, 6.07) is 5.18. The molecule has 0 spiro atoms. The first-order chi connectivity index (χ1) is 14.1. The lowest BCUT2D eigenvalue weighted by Crippen LogP contribution is -2.42. The Balaban J connectivity index is 2.81. The number of hydrogen-bond donors (Lipinski definition) is 2. The number of halogens is 3. The van der Waals surface area contributed by atoms with Crippen LogP contribution in [0, 0.1) is 6.92 Å². The van der Waals surface area contributed by atoms with Crippen LogP contribution < -0.4 is 15.4 Å². The highest BCUT2D eigenvalue weighted by molar-refractivity contribution is 5.79. The van der Waals surface area contributed by atoms with Crippen LogP contribution in [0.25, 0.3) is 0 Å². The van der Waals surface area contributed by atoms with Crippen molar-refractivity contribution in [3.05, 3.63) is 29.3 Å². The normalized spacial score (nSPS) is 13.4. The van der Waals surface area contributed by atoms with Gasteiger partial charge in [0.15, 0.2) is 12.6 Å². The molecular formula is C21H35F3N4O2. The second kappa shape index (κ2) is 13.3. The molecule has 0 aliphatic heterocycles. The standard InChI is InChI=1S/C21H35F3N4O2/c1-6-25-20(27-14-18(29-7-2)10-11-28(4)5)26-13-17-9-8-16(3)12-19(17)30-15-21(22,23)24/h8-9,12,18H,6-7,10-11,13-15H2,1-5H3,(H2,25,26,27). The molecule has 1 atom stereocenters. The largest absolute Gasteiger partial charge is 0.484 e. The summed E-state index contributed by atoms with van der Waals surface area (Å²) in [7, 11) is 4.03. The van der Waals surface area contributed by atoms with Gasteiger partial charge in [-0.1, -0.05) is 12.1 Å². The van der Waals surface area contributed by atoms with Crippen molar-refractivity contribution in [3.8, 4) is 5.75 Å². The van der Waals surface area contributed by atoms with Gasteiger partial charge in [-0.2, -0.15) is 13.2 Å². The minimum atomic E-state index is -4.39. The van der Waals surface area contributed by atoms with E-state index in [4.69, 9.17) is 9.47 Å². The van der Waals surface area contributed by atoms with Gasteiger partial charge in [-0.05, 0) is 52.9 Å². The lowest BCUT2D eigenvalue weighted by atomic mass is 10.1. The summed E-state index contributed by atoms with van der Waals surface area (Å²) in [5.74, 6) is 0.777. The Bertz CT molecular complexity index is 652. The molecule has 0 saturated carbocycles. The average Bonchev–Trinajstić information content (AvgIpc) is 2.66. The van der Waals surface area contributed by atoms with E-state index in [0.29, 0.717) is 31.2 Å². The van der Waals surface area contributed by atoms with Crippen LogP contribution in [0.15, 0.2) is 23.2 Å². The minimum absolute atomic E-state index is 0.0336. The smallest absolute Gasteiger partial charge is 0.422 e. The quantitative estimate of drug-likeness (QED) is 0.392. The van der Waals surface area contributed by atoms with E-state index in [2.05, 4.69) is 20.5 Å². The second-order valence-electron chi connectivity index (χ2n) is 7.26. The zero-order chi connectivity index (χ0) is 22.6. The van der Waals surface area contributed by atoms with Crippen LogP contribution in [-0.4, -0.2) is 70.1 Å². The molecule has 2 N–H and O–H groups in total. The lowest BCUT2D eigenvalue weighted by molar-refractivity contribution is -0.153. The van der Waals surface area contributed by atoms with Crippen LogP contribution in [0.3, 0.4) is 0 Å². The van der Waals surface area contributed by atoms with E-state index >= 15 is 0 Å². The molecule has 0 heterocycles. The molecule has 6 nitrogen and oxygen atoms in total. The van der Waals surface area contributed by atoms with Crippen LogP contribution in [0.4, 0.5) is 13.2 Å². The molecule has 1 rings (SSSR count). The maximum atomic E-state index is 12.6. The molecular weight excluding hydrogens is 397 g/mol. The molecule has 0 bridgehead atoms. The first-order valence-corrected chi connectivity index (χ1v) is 10.2. The third-order valence-electron chi connectivity index (χ3n) is 4.16. The zero-order valence-electron chi connectivity index (χ0n) is 18.6. The molecule has 1 aromatic carbocycles. The Morgan fingerprint density at radius 1 is 1.20 bits per heavy atom. The van der Waals surface area contributed by atoms with Crippen LogP contribution in [0.5, 0.6) is 5.75 Å². The molecule has 0 aliphatic carbocycles. The number of rotatable bonds is 12. The SMILES string of the molecule is CCNC(=NCc1ccc(C)cc1OCC(F)(F)F)NCC(CCN(C)C)OCC. The van der Waals surface area contributed by atoms with Crippen molar-refractivity contribution in [2.45, 2.75) is 46.0 Å². The Hall–Kier alpha value is -2.00. The number of aryl methyl sites for hydroxylation is 1. The Labute approximate surface area is 177 Å². The van der Waals surface area contributed by atoms with Crippen molar-refractivity contribution >= 4 is 5.96 Å². The number of aliphatic imine (C=N–C) groups is 1. The van der Waals surface area contributed by atoms with Crippen molar-refractivity contribution in [1.29, 1.82) is 0 Å². The van der Waals surface area contributed by atoms with Gasteiger partial charge in [0.25, 0.3) is 0 Å². The van der Waals surface area contributed by atoms with Crippen molar-refractivity contribution in [3.63, 3.8) is 0 Å². The van der Waals surface area contributed by atoms with Crippen LogP contribution in [0.2, 0.25) is 0 Å². The fourth-order valence-corrected chi connectivity index (χ4v) is 2.69. The summed E-state index contributed by atoms with van der Waals surface area (Å²) in [6.45, 7) is 7.36. The van der Waals surface area contributed by atoms with Crippen molar-refractivity contribution in [1.82, 2.24) is 15.5 Å². The van der Waals surface area contributed by atoms with E-state index in [1.54, 1.807) is 19.1 Å². The summed E-state index contributed by atoms with van der Waals surface area (Å²) in [4.78, 5) is 6.62. The Morgan fingerprint density at radius 3 is 2.53 bits per heavy atom. The number of guanidine groups is 1. The number of alkyl halides is 3. The molecule has 0 amide bonds. The highest BCUT2D eigenvalue weighted by Gasteiger charge is 2.28. The fourth-order valence-electron chi connectivity index (χ4n) is 2.69. The van der Waals surface area contributed by atoms with Gasteiger partial charge >= 0.3 is 6.18 Å². The number of hydrogen-bond acceptors (Lipinski definition) is 4. The third kappa shape index (κ3) is 11.3. The highest BCUT2D eigenvalue weighted by Crippen LogP contribution is 2.24. The molecule has 0 radical (unpaired) electrons. The number of benzene rings is 1. The predicted molar refractivity (Wildman–Crippen MR) is 114 cm³/mol. The van der Waals surface area contributed by atoms with Gasteiger partial charge in [0.2, 0.25) is 0 Å². The number of nitrogens with zero attached hydrogens (tertiary/aromatic N) is 2. The van der Waals surface area contributed by atoms with Gasteiger partial charge in [0.05, 0.1) is 12.6 Å². The molecule has 1 unspecified atom stereocenters. The molecule has 9 heteroatoms. The van der Waals surface area contributed by atoms with Crippen LogP contribution >= 0.6 is 0 Å². The topological polar surface area (TPSA) is 58.1 Å². The zero-order valence-corrected chi connectivity index (χ0v) is 18.6. The second-order valence-corrected chi connectivity index (χ2v) is 7.26. The Morgan fingerprint density at radius 2 is 1.93 bits per heavy atom. The summed E-state index contributed by atoms with van der Waals surface area (Å²) < 4.78 is 48.4. The summed E-state index contributed by atoms with van der Waals surface area (Å²) in [5.41, 5.74) is 1.42. The van der Waals surface area contributed by atoms with E-state index in [0.717, 1.165) is 18.5 Å². The van der Waals surface area contributed by atoms with Crippen molar-refractivity contribution in [2.24, 2.45) is 4.99 Å². The van der Waals surface area contributed by atoms with Gasteiger partial charge in [0, 0.05) is 31.8 Å². The highest BCUT2D eigenvalue weighted by atomic mass is 19.4. The first-order valence-electron chi connectivity index (χ1n) is 10.2. The van der Waals surface area contributed by atoms with Crippen molar-refractivity contribution in [2.75, 3.05) is 46.9 Å².